The Bertz CT molecular complexity index is 494. The predicted octanol–water partition coefficient (Wildman–Crippen LogP) is 2.74. The maximum Gasteiger partial charge on any atom is 0.410 e. The summed E-state index contributed by atoms with van der Waals surface area (Å²) in [6.45, 7) is 11.0. The first-order valence-electron chi connectivity index (χ1n) is 7.94. The van der Waals surface area contributed by atoms with Gasteiger partial charge >= 0.3 is 6.09 Å². The van der Waals surface area contributed by atoms with Crippen LogP contribution in [-0.2, 0) is 11.3 Å². The first-order valence-corrected chi connectivity index (χ1v) is 7.94. The molecule has 1 fully saturated rings. The van der Waals surface area contributed by atoms with Gasteiger partial charge in [0.25, 0.3) is 0 Å². The topological polar surface area (TPSA) is 54.5 Å². The monoisotopic (exact) mass is 305 g/mol. The van der Waals surface area contributed by atoms with Crippen molar-refractivity contribution in [3.8, 4) is 0 Å². The van der Waals surface area contributed by atoms with E-state index in [0.717, 1.165) is 38.3 Å². The minimum absolute atomic E-state index is 0.197. The van der Waals surface area contributed by atoms with Crippen molar-refractivity contribution in [2.75, 3.05) is 19.6 Å². The van der Waals surface area contributed by atoms with Crippen LogP contribution in [0.15, 0.2) is 18.3 Å². The highest BCUT2D eigenvalue weighted by molar-refractivity contribution is 5.68. The SMILES string of the molecule is Cc1ccc(CNCC2CCN(C(=O)OC(C)(C)C)C2)cn1. The molecular formula is C17H27N3O2. The van der Waals surface area contributed by atoms with E-state index in [2.05, 4.69) is 16.4 Å². The molecule has 0 bridgehead atoms. The van der Waals surface area contributed by atoms with E-state index in [1.54, 1.807) is 0 Å². The van der Waals surface area contributed by atoms with Gasteiger partial charge in [0.2, 0.25) is 0 Å². The van der Waals surface area contributed by atoms with Crippen LogP contribution in [0.5, 0.6) is 0 Å². The fourth-order valence-electron chi connectivity index (χ4n) is 2.52. The van der Waals surface area contributed by atoms with Crippen molar-refractivity contribution in [2.24, 2.45) is 5.92 Å². The second-order valence-electron chi connectivity index (χ2n) is 7.02. The maximum absolute atomic E-state index is 12.0. The van der Waals surface area contributed by atoms with Crippen LogP contribution in [0.3, 0.4) is 0 Å². The van der Waals surface area contributed by atoms with Crippen LogP contribution < -0.4 is 5.32 Å². The van der Waals surface area contributed by atoms with E-state index in [-0.39, 0.29) is 6.09 Å². The molecule has 2 heterocycles. The Morgan fingerprint density at radius 1 is 1.45 bits per heavy atom. The molecule has 0 radical (unpaired) electrons. The number of carbonyl (C=O) groups is 1. The largest absolute Gasteiger partial charge is 0.444 e. The summed E-state index contributed by atoms with van der Waals surface area (Å²) in [5.41, 5.74) is 1.80. The Morgan fingerprint density at radius 2 is 2.23 bits per heavy atom. The maximum atomic E-state index is 12.0. The fraction of sp³-hybridized carbons (Fsp3) is 0.647. The van der Waals surface area contributed by atoms with Gasteiger partial charge in [0.1, 0.15) is 5.60 Å². The predicted molar refractivity (Wildman–Crippen MR) is 86.6 cm³/mol. The fourth-order valence-corrected chi connectivity index (χ4v) is 2.52. The van der Waals surface area contributed by atoms with Gasteiger partial charge in [-0.05, 0) is 51.7 Å². The lowest BCUT2D eigenvalue weighted by atomic mass is 10.1. The standard InChI is InChI=1S/C17H27N3O2/c1-13-5-6-14(11-19-13)9-18-10-15-7-8-20(12-15)16(21)22-17(2,3)4/h5-6,11,15,18H,7-10,12H2,1-4H3. The molecule has 1 aromatic rings. The number of likely N-dealkylation sites (tertiary alicyclic amines) is 1. The molecule has 1 amide bonds. The van der Waals surface area contributed by atoms with Crippen LogP contribution >= 0.6 is 0 Å². The summed E-state index contributed by atoms with van der Waals surface area (Å²) in [6.07, 6.45) is 2.74. The van der Waals surface area contributed by atoms with Gasteiger partial charge in [-0.15, -0.1) is 0 Å². The number of carbonyl (C=O) groups excluding carboxylic acids is 1. The number of ether oxygens (including phenoxy) is 1. The molecule has 0 aliphatic carbocycles. The summed E-state index contributed by atoms with van der Waals surface area (Å²) in [5, 5.41) is 3.45. The van der Waals surface area contributed by atoms with Crippen molar-refractivity contribution in [1.29, 1.82) is 0 Å². The third kappa shape index (κ3) is 5.30. The Balaban J connectivity index is 1.70. The van der Waals surface area contributed by atoms with Crippen molar-refractivity contribution in [3.05, 3.63) is 29.6 Å². The average Bonchev–Trinajstić information content (AvgIpc) is 2.88. The van der Waals surface area contributed by atoms with Crippen molar-refractivity contribution in [1.82, 2.24) is 15.2 Å². The van der Waals surface area contributed by atoms with Crippen LogP contribution in [0.4, 0.5) is 4.79 Å². The van der Waals surface area contributed by atoms with Gasteiger partial charge in [-0.1, -0.05) is 6.07 Å². The smallest absolute Gasteiger partial charge is 0.410 e. The van der Waals surface area contributed by atoms with Gasteiger partial charge in [-0.25, -0.2) is 4.79 Å². The molecule has 5 nitrogen and oxygen atoms in total. The lowest BCUT2D eigenvalue weighted by Crippen LogP contribution is -2.36. The molecule has 2 rings (SSSR count). The number of amides is 1. The summed E-state index contributed by atoms with van der Waals surface area (Å²) in [5.74, 6) is 0.492. The highest BCUT2D eigenvalue weighted by atomic mass is 16.6. The van der Waals surface area contributed by atoms with Gasteiger partial charge in [0.05, 0.1) is 0 Å². The number of nitrogens with zero attached hydrogens (tertiary/aromatic N) is 2. The zero-order chi connectivity index (χ0) is 16.2. The number of hydrogen-bond acceptors (Lipinski definition) is 4. The van der Waals surface area contributed by atoms with Crippen LogP contribution in [0.25, 0.3) is 0 Å². The van der Waals surface area contributed by atoms with Crippen molar-refractivity contribution >= 4 is 6.09 Å². The normalized spacial score (nSPS) is 18.5. The summed E-state index contributed by atoms with van der Waals surface area (Å²) in [7, 11) is 0. The zero-order valence-corrected chi connectivity index (χ0v) is 14.1. The summed E-state index contributed by atoms with van der Waals surface area (Å²) in [6, 6.07) is 4.12. The number of rotatable bonds is 4. The summed E-state index contributed by atoms with van der Waals surface area (Å²) >= 11 is 0. The van der Waals surface area contributed by atoms with E-state index in [9.17, 15) is 4.79 Å². The van der Waals surface area contributed by atoms with Crippen molar-refractivity contribution in [3.63, 3.8) is 0 Å². The molecule has 1 unspecified atom stereocenters. The van der Waals surface area contributed by atoms with Gasteiger partial charge in [-0.2, -0.15) is 0 Å². The van der Waals surface area contributed by atoms with Crippen molar-refractivity contribution < 1.29 is 9.53 Å². The molecular weight excluding hydrogens is 278 g/mol. The van der Waals surface area contributed by atoms with Gasteiger partial charge in [0, 0.05) is 38.1 Å². The van der Waals surface area contributed by atoms with E-state index >= 15 is 0 Å². The number of aromatic nitrogens is 1. The summed E-state index contributed by atoms with van der Waals surface area (Å²) < 4.78 is 5.41. The van der Waals surface area contributed by atoms with Gasteiger partial charge in [0.15, 0.2) is 0 Å². The van der Waals surface area contributed by atoms with Crippen LogP contribution in [0.2, 0.25) is 0 Å². The molecule has 0 spiro atoms. The first-order chi connectivity index (χ1) is 10.3. The number of aryl methyl sites for hydroxylation is 1. The lowest BCUT2D eigenvalue weighted by molar-refractivity contribution is 0.0288. The quantitative estimate of drug-likeness (QED) is 0.929. The van der Waals surface area contributed by atoms with Crippen LogP contribution in [0, 0.1) is 12.8 Å². The average molecular weight is 305 g/mol. The second kappa shape index (κ2) is 7.09. The summed E-state index contributed by atoms with van der Waals surface area (Å²) in [4.78, 5) is 18.1. The Morgan fingerprint density at radius 3 is 2.86 bits per heavy atom. The third-order valence-electron chi connectivity index (χ3n) is 3.67. The third-order valence-corrected chi connectivity index (χ3v) is 3.67. The Kier molecular flexibility index (Phi) is 5.40. The van der Waals surface area contributed by atoms with Gasteiger partial charge < -0.3 is 15.0 Å². The van der Waals surface area contributed by atoms with E-state index in [0.29, 0.717) is 5.92 Å². The molecule has 122 valence electrons. The van der Waals surface area contributed by atoms with Crippen molar-refractivity contribution in [2.45, 2.75) is 46.3 Å². The molecule has 22 heavy (non-hydrogen) atoms. The molecule has 5 heteroatoms. The second-order valence-corrected chi connectivity index (χ2v) is 7.02. The molecule has 0 saturated carbocycles. The molecule has 0 aromatic carbocycles. The Hall–Kier alpha value is -1.62. The number of pyridine rings is 1. The van der Waals surface area contributed by atoms with E-state index in [1.807, 2.05) is 44.9 Å². The highest BCUT2D eigenvalue weighted by Gasteiger charge is 2.29. The van der Waals surface area contributed by atoms with Crippen LogP contribution in [0.1, 0.15) is 38.4 Å². The molecule has 1 atom stereocenters. The zero-order valence-electron chi connectivity index (χ0n) is 14.1. The highest BCUT2D eigenvalue weighted by Crippen LogP contribution is 2.19. The van der Waals surface area contributed by atoms with E-state index in [1.165, 1.54) is 5.56 Å². The lowest BCUT2D eigenvalue weighted by Gasteiger charge is -2.24. The minimum Gasteiger partial charge on any atom is -0.444 e. The Labute approximate surface area is 133 Å². The molecule has 1 aliphatic heterocycles. The molecule has 1 aliphatic rings. The minimum atomic E-state index is -0.425. The first kappa shape index (κ1) is 16.7. The van der Waals surface area contributed by atoms with E-state index < -0.39 is 5.60 Å². The van der Waals surface area contributed by atoms with E-state index in [4.69, 9.17) is 4.74 Å². The van der Waals surface area contributed by atoms with Gasteiger partial charge in [-0.3, -0.25) is 4.98 Å². The molecule has 1 saturated heterocycles. The molecule has 1 N–H and O–H groups in total. The van der Waals surface area contributed by atoms with Crippen LogP contribution in [-0.4, -0.2) is 41.2 Å². The number of hydrogen-bond donors (Lipinski definition) is 1. The molecule has 1 aromatic heterocycles. The number of nitrogens with one attached hydrogen (secondary N) is 1.